The summed E-state index contributed by atoms with van der Waals surface area (Å²) in [6, 6.07) is 7.26. The van der Waals surface area contributed by atoms with E-state index >= 15 is 0 Å². The zero-order valence-electron chi connectivity index (χ0n) is 19.4. The van der Waals surface area contributed by atoms with Crippen molar-refractivity contribution in [3.05, 3.63) is 41.9 Å². The van der Waals surface area contributed by atoms with Crippen LogP contribution >= 0.6 is 24.0 Å². The molecule has 2 N–H and O–H groups in total. The van der Waals surface area contributed by atoms with Gasteiger partial charge in [-0.1, -0.05) is 6.07 Å². The number of aromatic hydroxyl groups is 1. The molecule has 33 heavy (non-hydrogen) atoms. The largest absolute Gasteiger partial charge is 0.507 e. The fraction of sp³-hybridized carbons (Fsp3) is 0.435. The van der Waals surface area contributed by atoms with Gasteiger partial charge in [0.15, 0.2) is 0 Å². The number of halogens is 2. The first-order valence-corrected chi connectivity index (χ1v) is 10.9. The minimum atomic E-state index is 0. The monoisotopic (exact) mass is 489 g/mol. The van der Waals surface area contributed by atoms with E-state index in [0.29, 0.717) is 28.9 Å². The van der Waals surface area contributed by atoms with E-state index < -0.39 is 0 Å². The maximum atomic E-state index is 10.6. The van der Waals surface area contributed by atoms with E-state index in [-0.39, 0.29) is 34.5 Å². The van der Waals surface area contributed by atoms with Gasteiger partial charge in [-0.3, -0.25) is 0 Å². The molecule has 1 aliphatic rings. The highest BCUT2D eigenvalue weighted by molar-refractivity contribution is 6.28. The van der Waals surface area contributed by atoms with E-state index in [2.05, 4.69) is 63.1 Å². The highest BCUT2D eigenvalue weighted by atomic mass is 35.5. The number of hydrogen-bond donors (Lipinski definition) is 2. The zero-order chi connectivity index (χ0) is 23.1. The minimum absolute atomic E-state index is 0. The summed E-state index contributed by atoms with van der Waals surface area (Å²) in [7, 11) is 2.01. The van der Waals surface area contributed by atoms with E-state index in [0.717, 1.165) is 18.4 Å². The van der Waals surface area contributed by atoms with Crippen molar-refractivity contribution in [2.75, 3.05) is 11.9 Å². The molecular formula is C23H29Cl2N7O. The maximum absolute atomic E-state index is 10.6. The van der Waals surface area contributed by atoms with E-state index in [4.69, 9.17) is 11.6 Å². The van der Waals surface area contributed by atoms with E-state index in [9.17, 15) is 5.11 Å². The summed E-state index contributed by atoms with van der Waals surface area (Å²) in [6.07, 6.45) is 5.18. The van der Waals surface area contributed by atoms with Crippen LogP contribution in [0.2, 0.25) is 5.28 Å². The van der Waals surface area contributed by atoms with Gasteiger partial charge in [-0.25, -0.2) is 15.0 Å². The summed E-state index contributed by atoms with van der Waals surface area (Å²) < 4.78 is 0. The quantitative estimate of drug-likeness (QED) is 0.515. The molecule has 0 amide bonds. The molecule has 8 nitrogen and oxygen atoms in total. The molecule has 3 heterocycles. The number of rotatable bonds is 4. The Hall–Kier alpha value is -2.55. The molecule has 0 atom stereocenters. The fourth-order valence-electron chi connectivity index (χ4n) is 4.66. The smallest absolute Gasteiger partial charge is 0.245 e. The van der Waals surface area contributed by atoms with Crippen molar-refractivity contribution in [2.24, 2.45) is 0 Å². The third-order valence-electron chi connectivity index (χ3n) is 5.78. The number of aromatic nitrogens is 5. The van der Waals surface area contributed by atoms with Crippen molar-refractivity contribution in [1.29, 1.82) is 0 Å². The Balaban J connectivity index is 0.00000306. The second-order valence-corrected chi connectivity index (χ2v) is 9.99. The Kier molecular flexibility index (Phi) is 7.12. The Morgan fingerprint density at radius 3 is 2.30 bits per heavy atom. The van der Waals surface area contributed by atoms with Crippen LogP contribution in [-0.4, -0.2) is 54.4 Å². The molecule has 0 aliphatic carbocycles. The zero-order valence-corrected chi connectivity index (χ0v) is 20.9. The number of phenolic OH excluding ortho intramolecular Hbond substituents is 1. The van der Waals surface area contributed by atoms with Gasteiger partial charge in [0.25, 0.3) is 0 Å². The average molecular weight is 490 g/mol. The normalized spacial score (nSPS) is 17.3. The molecule has 1 fully saturated rings. The van der Waals surface area contributed by atoms with Crippen molar-refractivity contribution >= 4 is 30.0 Å². The van der Waals surface area contributed by atoms with E-state index in [1.54, 1.807) is 30.6 Å². The molecular weight excluding hydrogens is 461 g/mol. The SMILES string of the molecule is CN(c1ncc(-c2ccc(-c3ccnc(Cl)n3)cc2O)nn1)C1CC(C)(C)NC(C)(C)C1.Cl. The van der Waals surface area contributed by atoms with Crippen LogP contribution < -0.4 is 10.2 Å². The molecule has 176 valence electrons. The number of piperidine rings is 1. The summed E-state index contributed by atoms with van der Waals surface area (Å²) >= 11 is 5.87. The Morgan fingerprint density at radius 1 is 1.03 bits per heavy atom. The molecule has 0 saturated carbocycles. The first kappa shape index (κ1) is 25.1. The van der Waals surface area contributed by atoms with Gasteiger partial charge in [0.05, 0.1) is 11.9 Å². The van der Waals surface area contributed by atoms with Gasteiger partial charge in [-0.05, 0) is 70.3 Å². The molecule has 0 unspecified atom stereocenters. The number of nitrogens with zero attached hydrogens (tertiary/aromatic N) is 6. The summed E-state index contributed by atoms with van der Waals surface area (Å²) in [5.74, 6) is 0.635. The molecule has 0 spiro atoms. The Labute approximate surface area is 205 Å². The Bertz CT molecular complexity index is 1110. The summed E-state index contributed by atoms with van der Waals surface area (Å²) in [5, 5.41) is 23.1. The molecule has 1 aliphatic heterocycles. The number of phenols is 1. The number of hydrogen-bond acceptors (Lipinski definition) is 8. The highest BCUT2D eigenvalue weighted by Crippen LogP contribution is 2.34. The van der Waals surface area contributed by atoms with Gasteiger partial charge in [0.1, 0.15) is 11.4 Å². The number of nitrogens with one attached hydrogen (secondary N) is 1. The molecule has 1 aromatic carbocycles. The lowest BCUT2D eigenvalue weighted by Gasteiger charge is -2.48. The molecule has 2 aromatic heterocycles. The van der Waals surface area contributed by atoms with Crippen molar-refractivity contribution in [3.63, 3.8) is 0 Å². The fourth-order valence-corrected chi connectivity index (χ4v) is 4.81. The molecule has 1 saturated heterocycles. The first-order chi connectivity index (χ1) is 15.0. The molecule has 10 heteroatoms. The van der Waals surface area contributed by atoms with Crippen LogP contribution in [0.3, 0.4) is 0 Å². The topological polar surface area (TPSA) is 100.0 Å². The van der Waals surface area contributed by atoms with Crippen LogP contribution in [0.15, 0.2) is 36.7 Å². The third kappa shape index (κ3) is 5.69. The number of benzene rings is 1. The molecule has 3 aromatic rings. The van der Waals surface area contributed by atoms with Crippen LogP contribution in [0.4, 0.5) is 5.95 Å². The van der Waals surface area contributed by atoms with Crippen LogP contribution in [0.25, 0.3) is 22.5 Å². The highest BCUT2D eigenvalue weighted by Gasteiger charge is 2.39. The van der Waals surface area contributed by atoms with Crippen molar-refractivity contribution in [1.82, 2.24) is 30.5 Å². The Morgan fingerprint density at radius 2 is 1.73 bits per heavy atom. The summed E-state index contributed by atoms with van der Waals surface area (Å²) in [4.78, 5) is 14.7. The van der Waals surface area contributed by atoms with Gasteiger partial charge in [0, 0.05) is 41.5 Å². The van der Waals surface area contributed by atoms with Crippen LogP contribution in [0.5, 0.6) is 5.75 Å². The van der Waals surface area contributed by atoms with Gasteiger partial charge < -0.3 is 15.3 Å². The number of anilines is 1. The summed E-state index contributed by atoms with van der Waals surface area (Å²) in [5.41, 5.74) is 2.44. The van der Waals surface area contributed by atoms with Crippen molar-refractivity contribution in [2.45, 2.75) is 57.7 Å². The summed E-state index contributed by atoms with van der Waals surface area (Å²) in [6.45, 7) is 8.88. The lowest BCUT2D eigenvalue weighted by molar-refractivity contribution is 0.160. The van der Waals surface area contributed by atoms with Gasteiger partial charge in [0.2, 0.25) is 11.2 Å². The van der Waals surface area contributed by atoms with Crippen LogP contribution in [0.1, 0.15) is 40.5 Å². The van der Waals surface area contributed by atoms with E-state index in [1.165, 1.54) is 0 Å². The minimum Gasteiger partial charge on any atom is -0.507 e. The van der Waals surface area contributed by atoms with Gasteiger partial charge >= 0.3 is 0 Å². The average Bonchev–Trinajstić information content (AvgIpc) is 2.71. The van der Waals surface area contributed by atoms with Gasteiger partial charge in [-0.15, -0.1) is 22.6 Å². The lowest BCUT2D eigenvalue weighted by Crippen LogP contribution is -2.62. The first-order valence-electron chi connectivity index (χ1n) is 10.6. The molecule has 0 bridgehead atoms. The lowest BCUT2D eigenvalue weighted by atomic mass is 9.79. The third-order valence-corrected chi connectivity index (χ3v) is 5.96. The van der Waals surface area contributed by atoms with Gasteiger partial charge in [-0.2, -0.15) is 0 Å². The second kappa shape index (κ2) is 9.37. The van der Waals surface area contributed by atoms with Crippen molar-refractivity contribution < 1.29 is 5.11 Å². The van der Waals surface area contributed by atoms with E-state index in [1.807, 2.05) is 13.1 Å². The molecule has 4 rings (SSSR count). The van der Waals surface area contributed by atoms with Crippen LogP contribution in [-0.2, 0) is 0 Å². The maximum Gasteiger partial charge on any atom is 0.245 e. The second-order valence-electron chi connectivity index (χ2n) is 9.65. The van der Waals surface area contributed by atoms with Crippen molar-refractivity contribution in [3.8, 4) is 28.3 Å². The molecule has 0 radical (unpaired) electrons. The van der Waals surface area contributed by atoms with Crippen LogP contribution in [0, 0.1) is 0 Å². The predicted molar refractivity (Wildman–Crippen MR) is 133 cm³/mol. The predicted octanol–water partition coefficient (Wildman–Crippen LogP) is 4.52. The standard InChI is InChI=1S/C23H28ClN7O.ClH/c1-22(2)11-15(12-23(3,4)30-22)31(5)21-26-13-18(28-29-21)16-7-6-14(10-19(16)32)17-8-9-25-20(24)27-17;/h6-10,13,15,30,32H,11-12H2,1-5H3;1H.